The van der Waals surface area contributed by atoms with Crippen molar-refractivity contribution in [1.29, 1.82) is 0 Å². The van der Waals surface area contributed by atoms with E-state index < -0.39 is 10.0 Å². The summed E-state index contributed by atoms with van der Waals surface area (Å²) in [5.41, 5.74) is 1.91. The number of carbonyl (C=O) groups excluding carboxylic acids is 1. The van der Waals surface area contributed by atoms with Crippen LogP contribution in [0, 0.1) is 0 Å². The van der Waals surface area contributed by atoms with E-state index >= 15 is 0 Å². The summed E-state index contributed by atoms with van der Waals surface area (Å²) in [7, 11) is -1.93. The summed E-state index contributed by atoms with van der Waals surface area (Å²) in [6.07, 6.45) is 1.48. The molecule has 0 aliphatic carbocycles. The molecule has 1 amide bonds. The van der Waals surface area contributed by atoms with E-state index in [0.29, 0.717) is 30.9 Å². The lowest BCUT2D eigenvalue weighted by molar-refractivity contribution is -0.116. The van der Waals surface area contributed by atoms with Crippen LogP contribution in [0.25, 0.3) is 0 Å². The number of aryl methyl sites for hydroxylation is 1. The van der Waals surface area contributed by atoms with Gasteiger partial charge in [0.25, 0.3) is 0 Å². The molecule has 3 aromatic rings. The van der Waals surface area contributed by atoms with Crippen LogP contribution in [0.4, 0.5) is 5.13 Å². The van der Waals surface area contributed by atoms with Crippen molar-refractivity contribution in [2.45, 2.75) is 30.7 Å². The number of amides is 1. The number of thiazole rings is 1. The van der Waals surface area contributed by atoms with E-state index in [9.17, 15) is 13.2 Å². The number of nitrogens with one attached hydrogen (secondary N) is 1. The summed E-state index contributed by atoms with van der Waals surface area (Å²) in [5, 5.41) is 3.37. The second kappa shape index (κ2) is 9.17. The van der Waals surface area contributed by atoms with Crippen molar-refractivity contribution < 1.29 is 17.9 Å². The molecular formula is C22H23N3O4S2. The van der Waals surface area contributed by atoms with E-state index in [4.69, 9.17) is 4.74 Å². The number of nitrogens with zero attached hydrogens (tertiary/aromatic N) is 2. The number of sulfonamides is 1. The minimum atomic E-state index is -3.55. The zero-order valence-electron chi connectivity index (χ0n) is 17.1. The Labute approximate surface area is 185 Å². The fraction of sp³-hybridized carbons (Fsp3) is 0.273. The fourth-order valence-corrected chi connectivity index (χ4v) is 5.96. The Morgan fingerprint density at radius 1 is 1.16 bits per heavy atom. The molecule has 0 saturated carbocycles. The van der Waals surface area contributed by atoms with Crippen LogP contribution < -0.4 is 10.1 Å². The van der Waals surface area contributed by atoms with Crippen LogP contribution in [-0.2, 0) is 34.2 Å². The third-order valence-corrected chi connectivity index (χ3v) is 7.98. The number of aromatic nitrogens is 1. The first-order valence-electron chi connectivity index (χ1n) is 9.92. The standard InChI is InChI=1S/C22H23N3O4S2/c1-29-17-10-7-16(8-11-17)9-12-21(26)24-22-23-19-13-14-25(15-20(19)30-22)31(27,28)18-5-3-2-4-6-18/h2-8,10-11H,9,12-15H2,1H3,(H,23,24,26). The molecule has 0 spiro atoms. The lowest BCUT2D eigenvalue weighted by atomic mass is 10.1. The van der Waals surface area contributed by atoms with E-state index in [2.05, 4.69) is 10.3 Å². The number of hydrogen-bond donors (Lipinski definition) is 1. The van der Waals surface area contributed by atoms with Gasteiger partial charge >= 0.3 is 0 Å². The molecule has 1 N–H and O–H groups in total. The number of ether oxygens (including phenoxy) is 1. The van der Waals surface area contributed by atoms with Crippen molar-refractivity contribution in [2.24, 2.45) is 0 Å². The maximum atomic E-state index is 12.9. The summed E-state index contributed by atoms with van der Waals surface area (Å²) < 4.78 is 32.4. The first-order valence-corrected chi connectivity index (χ1v) is 12.2. The summed E-state index contributed by atoms with van der Waals surface area (Å²) >= 11 is 1.34. The zero-order chi connectivity index (χ0) is 21.8. The highest BCUT2D eigenvalue weighted by molar-refractivity contribution is 7.89. The Bertz CT molecular complexity index is 1160. The molecule has 0 fully saturated rings. The Morgan fingerprint density at radius 3 is 2.61 bits per heavy atom. The normalized spacial score (nSPS) is 14.1. The Balaban J connectivity index is 1.37. The van der Waals surface area contributed by atoms with Gasteiger partial charge in [-0.05, 0) is 36.2 Å². The SMILES string of the molecule is COc1ccc(CCC(=O)Nc2nc3c(s2)CN(S(=O)(=O)c2ccccc2)CC3)cc1. The average molecular weight is 458 g/mol. The predicted molar refractivity (Wildman–Crippen MR) is 120 cm³/mol. The highest BCUT2D eigenvalue weighted by Gasteiger charge is 2.30. The van der Waals surface area contributed by atoms with E-state index in [1.807, 2.05) is 24.3 Å². The minimum absolute atomic E-state index is 0.115. The van der Waals surface area contributed by atoms with Crippen LogP contribution in [0.3, 0.4) is 0 Å². The molecule has 0 unspecified atom stereocenters. The third kappa shape index (κ3) is 4.95. The van der Waals surface area contributed by atoms with Gasteiger partial charge in [0.05, 0.1) is 24.2 Å². The second-order valence-electron chi connectivity index (χ2n) is 7.19. The maximum absolute atomic E-state index is 12.9. The van der Waals surface area contributed by atoms with Crippen molar-refractivity contribution in [3.05, 3.63) is 70.7 Å². The molecule has 2 aromatic carbocycles. The van der Waals surface area contributed by atoms with Crippen molar-refractivity contribution in [2.75, 3.05) is 19.0 Å². The lowest BCUT2D eigenvalue weighted by Gasteiger charge is -2.25. The molecule has 2 heterocycles. The van der Waals surface area contributed by atoms with Gasteiger partial charge in [0.15, 0.2) is 5.13 Å². The molecule has 0 saturated heterocycles. The monoisotopic (exact) mass is 457 g/mol. The number of methoxy groups -OCH3 is 1. The number of anilines is 1. The smallest absolute Gasteiger partial charge is 0.243 e. The molecular weight excluding hydrogens is 434 g/mol. The highest BCUT2D eigenvalue weighted by Crippen LogP contribution is 2.31. The quantitative estimate of drug-likeness (QED) is 0.587. The number of fused-ring (bicyclic) bond motifs is 1. The largest absolute Gasteiger partial charge is 0.497 e. The van der Waals surface area contributed by atoms with Gasteiger partial charge in [-0.15, -0.1) is 11.3 Å². The van der Waals surface area contributed by atoms with Gasteiger partial charge in [-0.2, -0.15) is 4.31 Å². The van der Waals surface area contributed by atoms with Gasteiger partial charge in [-0.1, -0.05) is 30.3 Å². The number of benzene rings is 2. The van der Waals surface area contributed by atoms with Crippen molar-refractivity contribution in [1.82, 2.24) is 9.29 Å². The molecule has 1 aliphatic rings. The van der Waals surface area contributed by atoms with Gasteiger partial charge in [-0.25, -0.2) is 13.4 Å². The van der Waals surface area contributed by atoms with Crippen LogP contribution in [0.15, 0.2) is 59.5 Å². The van der Waals surface area contributed by atoms with Crippen molar-refractivity contribution in [3.63, 3.8) is 0 Å². The number of carbonyl (C=O) groups is 1. The zero-order valence-corrected chi connectivity index (χ0v) is 18.7. The number of hydrogen-bond acceptors (Lipinski definition) is 6. The molecule has 0 atom stereocenters. The van der Waals surface area contributed by atoms with Gasteiger partial charge in [0.2, 0.25) is 15.9 Å². The van der Waals surface area contributed by atoms with Crippen LogP contribution in [0.5, 0.6) is 5.75 Å². The Hall–Kier alpha value is -2.75. The predicted octanol–water partition coefficient (Wildman–Crippen LogP) is 3.47. The molecule has 0 bridgehead atoms. The number of rotatable bonds is 7. The van der Waals surface area contributed by atoms with Crippen molar-refractivity contribution >= 4 is 32.4 Å². The first-order chi connectivity index (χ1) is 15.0. The van der Waals surface area contributed by atoms with Gasteiger partial charge in [0.1, 0.15) is 5.75 Å². The molecule has 31 heavy (non-hydrogen) atoms. The summed E-state index contributed by atoms with van der Waals surface area (Å²) in [4.78, 5) is 18.0. The van der Waals surface area contributed by atoms with E-state index in [1.165, 1.54) is 15.6 Å². The highest BCUT2D eigenvalue weighted by atomic mass is 32.2. The second-order valence-corrected chi connectivity index (χ2v) is 10.2. The summed E-state index contributed by atoms with van der Waals surface area (Å²) in [6, 6.07) is 16.1. The van der Waals surface area contributed by atoms with Crippen molar-refractivity contribution in [3.8, 4) is 5.75 Å². The van der Waals surface area contributed by atoms with Gasteiger partial charge in [0, 0.05) is 24.3 Å². The summed E-state index contributed by atoms with van der Waals surface area (Å²) in [6.45, 7) is 0.644. The molecule has 1 aromatic heterocycles. The average Bonchev–Trinajstić information content (AvgIpc) is 3.20. The molecule has 162 valence electrons. The maximum Gasteiger partial charge on any atom is 0.243 e. The van der Waals surface area contributed by atoms with E-state index in [0.717, 1.165) is 21.9 Å². The first kappa shape index (κ1) is 21.5. The van der Waals surface area contributed by atoms with Gasteiger partial charge in [-0.3, -0.25) is 4.79 Å². The fourth-order valence-electron chi connectivity index (χ4n) is 3.40. The summed E-state index contributed by atoms with van der Waals surface area (Å²) in [5.74, 6) is 0.667. The third-order valence-electron chi connectivity index (χ3n) is 5.12. The van der Waals surface area contributed by atoms with E-state index in [1.54, 1.807) is 37.4 Å². The molecule has 4 rings (SSSR count). The molecule has 9 heteroatoms. The topological polar surface area (TPSA) is 88.6 Å². The van der Waals surface area contributed by atoms with Gasteiger partial charge < -0.3 is 10.1 Å². The molecule has 7 nitrogen and oxygen atoms in total. The molecule has 1 aliphatic heterocycles. The Kier molecular flexibility index (Phi) is 6.35. The van der Waals surface area contributed by atoms with Crippen LogP contribution in [0.2, 0.25) is 0 Å². The Morgan fingerprint density at radius 2 is 1.90 bits per heavy atom. The van der Waals surface area contributed by atoms with Crippen LogP contribution >= 0.6 is 11.3 Å². The van der Waals surface area contributed by atoms with Crippen LogP contribution in [-0.4, -0.2) is 37.3 Å². The van der Waals surface area contributed by atoms with E-state index in [-0.39, 0.29) is 17.3 Å². The lowest BCUT2D eigenvalue weighted by Crippen LogP contribution is -2.35. The molecule has 0 radical (unpaired) electrons. The van der Waals surface area contributed by atoms with Crippen LogP contribution in [0.1, 0.15) is 22.6 Å². The minimum Gasteiger partial charge on any atom is -0.497 e.